The van der Waals surface area contributed by atoms with E-state index >= 15 is 0 Å². The summed E-state index contributed by atoms with van der Waals surface area (Å²) in [6, 6.07) is 1.52. The Morgan fingerprint density at radius 3 is 2.73 bits per heavy atom. The van der Waals surface area contributed by atoms with Crippen molar-refractivity contribution in [3.63, 3.8) is 0 Å². The minimum absolute atomic E-state index is 0.0839. The fraction of sp³-hybridized carbons (Fsp3) is 0.286. The van der Waals surface area contributed by atoms with Crippen LogP contribution in [0.3, 0.4) is 0 Å². The van der Waals surface area contributed by atoms with E-state index in [1.54, 1.807) is 11.4 Å². The number of hydrogen-bond acceptors (Lipinski definition) is 3. The third kappa shape index (κ3) is 1.78. The van der Waals surface area contributed by atoms with E-state index in [4.69, 9.17) is 10.8 Å². The molecule has 0 radical (unpaired) electrons. The molecule has 1 rings (SSSR count). The third-order valence-corrected chi connectivity index (χ3v) is 2.29. The van der Waals surface area contributed by atoms with Gasteiger partial charge in [0.05, 0.1) is 0 Å². The van der Waals surface area contributed by atoms with Crippen molar-refractivity contribution in [3.05, 3.63) is 21.9 Å². The normalized spacial score (nSPS) is 12.9. The molecule has 0 amide bonds. The summed E-state index contributed by atoms with van der Waals surface area (Å²) >= 11 is 1.21. The number of aromatic carboxylic acids is 1. The zero-order valence-corrected chi connectivity index (χ0v) is 6.89. The molecule has 1 aromatic heterocycles. The van der Waals surface area contributed by atoms with Gasteiger partial charge in [-0.05, 0) is 23.9 Å². The van der Waals surface area contributed by atoms with Gasteiger partial charge in [0.15, 0.2) is 0 Å². The smallest absolute Gasteiger partial charge is 0.345 e. The Balaban J connectivity index is 2.90. The van der Waals surface area contributed by atoms with E-state index < -0.39 is 5.97 Å². The first-order valence-electron chi connectivity index (χ1n) is 3.18. The highest BCUT2D eigenvalue weighted by atomic mass is 32.1. The summed E-state index contributed by atoms with van der Waals surface area (Å²) in [5.74, 6) is -0.887. The molecule has 0 saturated heterocycles. The highest BCUT2D eigenvalue weighted by Crippen LogP contribution is 2.18. The molecule has 3 nitrogen and oxygen atoms in total. The van der Waals surface area contributed by atoms with Crippen LogP contribution in [0, 0.1) is 0 Å². The summed E-state index contributed by atoms with van der Waals surface area (Å²) in [7, 11) is 0. The summed E-state index contributed by atoms with van der Waals surface area (Å²) in [6.45, 7) is 1.83. The van der Waals surface area contributed by atoms with Crippen molar-refractivity contribution in [2.24, 2.45) is 5.73 Å². The van der Waals surface area contributed by atoms with Gasteiger partial charge in [0.25, 0.3) is 0 Å². The number of carbonyl (C=O) groups is 1. The molecule has 1 heterocycles. The zero-order valence-electron chi connectivity index (χ0n) is 6.07. The van der Waals surface area contributed by atoms with Crippen LogP contribution in [0.5, 0.6) is 0 Å². The Kier molecular flexibility index (Phi) is 2.26. The van der Waals surface area contributed by atoms with Gasteiger partial charge >= 0.3 is 5.97 Å². The first-order chi connectivity index (χ1) is 5.11. The lowest BCUT2D eigenvalue weighted by Crippen LogP contribution is -2.03. The van der Waals surface area contributed by atoms with Crippen LogP contribution in [0.15, 0.2) is 11.4 Å². The number of hydrogen-bond donors (Lipinski definition) is 2. The maximum absolute atomic E-state index is 10.4. The van der Waals surface area contributed by atoms with Gasteiger partial charge in [-0.15, -0.1) is 11.3 Å². The topological polar surface area (TPSA) is 63.3 Å². The fourth-order valence-electron chi connectivity index (χ4n) is 0.702. The first-order valence-corrected chi connectivity index (χ1v) is 4.06. The summed E-state index contributed by atoms with van der Waals surface area (Å²) in [4.78, 5) is 10.8. The molecule has 11 heavy (non-hydrogen) atoms. The maximum Gasteiger partial charge on any atom is 0.345 e. The molecule has 0 unspecified atom stereocenters. The Hall–Kier alpha value is -0.870. The molecule has 0 aromatic carbocycles. The van der Waals surface area contributed by atoms with Crippen LogP contribution >= 0.6 is 11.3 Å². The standard InChI is InChI=1S/C7H9NO2S/c1-4(8)5-2-6(7(9)10)11-3-5/h2-4H,8H2,1H3,(H,9,10)/t4-/m1/s1. The van der Waals surface area contributed by atoms with Gasteiger partial charge in [0.1, 0.15) is 4.88 Å². The van der Waals surface area contributed by atoms with Crippen molar-refractivity contribution in [1.82, 2.24) is 0 Å². The molecule has 0 bridgehead atoms. The van der Waals surface area contributed by atoms with Crippen molar-refractivity contribution in [1.29, 1.82) is 0 Å². The third-order valence-electron chi connectivity index (χ3n) is 1.36. The summed E-state index contributed by atoms with van der Waals surface area (Å²) < 4.78 is 0. The lowest BCUT2D eigenvalue weighted by atomic mass is 10.2. The predicted molar refractivity (Wildman–Crippen MR) is 43.9 cm³/mol. The van der Waals surface area contributed by atoms with Gasteiger partial charge in [0, 0.05) is 6.04 Å². The van der Waals surface area contributed by atoms with Gasteiger partial charge in [-0.1, -0.05) is 0 Å². The van der Waals surface area contributed by atoms with Crippen LogP contribution in [0.25, 0.3) is 0 Å². The van der Waals surface area contributed by atoms with E-state index in [-0.39, 0.29) is 6.04 Å². The lowest BCUT2D eigenvalue weighted by Gasteiger charge is -1.97. The molecule has 1 atom stereocenters. The Morgan fingerprint density at radius 2 is 2.45 bits per heavy atom. The molecule has 0 spiro atoms. The van der Waals surface area contributed by atoms with Crippen LogP contribution in [0.2, 0.25) is 0 Å². The van der Waals surface area contributed by atoms with Crippen molar-refractivity contribution < 1.29 is 9.90 Å². The zero-order chi connectivity index (χ0) is 8.43. The van der Waals surface area contributed by atoms with Gasteiger partial charge < -0.3 is 10.8 Å². The van der Waals surface area contributed by atoms with E-state index in [0.717, 1.165) is 5.56 Å². The monoisotopic (exact) mass is 171 g/mol. The first kappa shape index (κ1) is 8.23. The molecule has 0 aliphatic carbocycles. The van der Waals surface area contributed by atoms with Crippen LogP contribution in [0.1, 0.15) is 28.2 Å². The highest BCUT2D eigenvalue weighted by molar-refractivity contribution is 7.12. The average Bonchev–Trinajstić information content (AvgIpc) is 2.33. The maximum atomic E-state index is 10.4. The summed E-state index contributed by atoms with van der Waals surface area (Å²) in [5, 5.41) is 10.3. The van der Waals surface area contributed by atoms with E-state index in [9.17, 15) is 4.79 Å². The second-order valence-corrected chi connectivity index (χ2v) is 3.25. The van der Waals surface area contributed by atoms with E-state index in [1.807, 2.05) is 6.92 Å². The molecular formula is C7H9NO2S. The van der Waals surface area contributed by atoms with Gasteiger partial charge in [0.2, 0.25) is 0 Å². The molecule has 4 heteroatoms. The molecule has 60 valence electrons. The molecule has 0 fully saturated rings. The van der Waals surface area contributed by atoms with E-state index in [1.165, 1.54) is 11.3 Å². The Labute approximate surface area is 68.5 Å². The number of carboxylic acids is 1. The number of thiophene rings is 1. The van der Waals surface area contributed by atoms with Gasteiger partial charge in [-0.3, -0.25) is 0 Å². The Bertz CT molecular complexity index is 267. The van der Waals surface area contributed by atoms with Gasteiger partial charge in [-0.2, -0.15) is 0 Å². The van der Waals surface area contributed by atoms with Crippen molar-refractivity contribution in [2.75, 3.05) is 0 Å². The second-order valence-electron chi connectivity index (χ2n) is 2.34. The number of nitrogens with two attached hydrogens (primary N) is 1. The summed E-state index contributed by atoms with van der Waals surface area (Å²) in [6.07, 6.45) is 0. The molecular weight excluding hydrogens is 162 g/mol. The van der Waals surface area contributed by atoms with Crippen LogP contribution < -0.4 is 5.73 Å². The number of rotatable bonds is 2. The minimum Gasteiger partial charge on any atom is -0.477 e. The SMILES string of the molecule is C[C@@H](N)c1csc(C(=O)O)c1. The highest BCUT2D eigenvalue weighted by Gasteiger charge is 2.08. The van der Waals surface area contributed by atoms with Crippen LogP contribution in [-0.4, -0.2) is 11.1 Å². The Morgan fingerprint density at radius 1 is 1.82 bits per heavy atom. The molecule has 0 aliphatic heterocycles. The van der Waals surface area contributed by atoms with E-state index in [2.05, 4.69) is 0 Å². The second kappa shape index (κ2) is 3.02. The van der Waals surface area contributed by atoms with Crippen LogP contribution in [0.4, 0.5) is 0 Å². The molecule has 0 saturated carbocycles. The quantitative estimate of drug-likeness (QED) is 0.708. The minimum atomic E-state index is -0.887. The average molecular weight is 171 g/mol. The van der Waals surface area contributed by atoms with Crippen molar-refractivity contribution in [3.8, 4) is 0 Å². The largest absolute Gasteiger partial charge is 0.477 e. The van der Waals surface area contributed by atoms with Gasteiger partial charge in [-0.25, -0.2) is 4.79 Å². The van der Waals surface area contributed by atoms with Crippen molar-refractivity contribution >= 4 is 17.3 Å². The summed E-state index contributed by atoms with van der Waals surface area (Å²) in [5.41, 5.74) is 6.42. The molecule has 3 N–H and O–H groups in total. The van der Waals surface area contributed by atoms with E-state index in [0.29, 0.717) is 4.88 Å². The molecule has 0 aliphatic rings. The molecule has 1 aromatic rings. The fourth-order valence-corrected chi connectivity index (χ4v) is 1.55. The van der Waals surface area contributed by atoms with Crippen LogP contribution in [-0.2, 0) is 0 Å². The number of carboxylic acid groups (broad SMARTS) is 1. The lowest BCUT2D eigenvalue weighted by molar-refractivity contribution is 0.0702. The predicted octanol–water partition coefficient (Wildman–Crippen LogP) is 1.47. The van der Waals surface area contributed by atoms with Crippen molar-refractivity contribution in [2.45, 2.75) is 13.0 Å².